The maximum absolute atomic E-state index is 0. The molecule has 4 heteroatoms. The first-order valence-electron chi connectivity index (χ1n) is 0. The van der Waals surface area contributed by atoms with Crippen molar-refractivity contribution in [2.45, 2.75) is 0 Å². The first-order valence-corrected chi connectivity index (χ1v) is 0. The summed E-state index contributed by atoms with van der Waals surface area (Å²) in [6.07, 6.45) is 0. The van der Waals surface area contributed by atoms with Gasteiger partial charge in [-0.05, 0) is 0 Å². The van der Waals surface area contributed by atoms with Crippen LogP contribution in [-0.4, -0.2) is 11.0 Å². The van der Waals surface area contributed by atoms with Gasteiger partial charge in [-0.15, -0.1) is 0 Å². The molecule has 0 aromatic rings. The van der Waals surface area contributed by atoms with Crippen LogP contribution in [0, 0.1) is 0 Å². The first kappa shape index (κ1) is 49.4. The summed E-state index contributed by atoms with van der Waals surface area (Å²) in [6.45, 7) is 0. The Morgan fingerprint density at radius 2 is 1.00 bits per heavy atom. The van der Waals surface area contributed by atoms with Crippen LogP contribution in [0.25, 0.3) is 0 Å². The maximum Gasteiger partial charge on any atom is 0 e. The van der Waals surface area contributed by atoms with Crippen LogP contribution in [0.5, 0.6) is 0 Å². The molecule has 6 radical (unpaired) electrons. The molecule has 0 bridgehead atoms. The molecule has 0 saturated heterocycles. The fraction of sp³-hybridized carbons (Fsp3) is 0. The second-order valence-corrected chi connectivity index (χ2v) is 0. The molecular weight excluding hydrogens is 186 g/mol. The van der Waals surface area contributed by atoms with Crippen molar-refractivity contribution >= 4 is 11.0 Å². The molecule has 0 aromatic carbocycles. The Bertz CT molecular complexity index is 8.00. The van der Waals surface area contributed by atoms with Gasteiger partial charge in [-0.1, -0.05) is 0 Å². The van der Waals surface area contributed by atoms with Crippen LogP contribution in [-0.2, 0) is 40.9 Å². The summed E-state index contributed by atoms with van der Waals surface area (Å²) in [5.74, 6) is 0. The van der Waals surface area contributed by atoms with Gasteiger partial charge in [0.15, 0.2) is 0 Å². The van der Waals surface area contributed by atoms with Crippen molar-refractivity contribution in [3.05, 3.63) is 0 Å². The summed E-state index contributed by atoms with van der Waals surface area (Å²) < 4.78 is 0. The molecule has 0 atom stereocenters. The Labute approximate surface area is 57.9 Å². The predicted octanol–water partition coefficient (Wildman–Crippen LogP) is -0.224. The Kier molecular flexibility index (Phi) is 303. The van der Waals surface area contributed by atoms with Crippen molar-refractivity contribution in [3.63, 3.8) is 0 Å². The van der Waals surface area contributed by atoms with E-state index < -0.39 is 0 Å². The van der Waals surface area contributed by atoms with Gasteiger partial charge in [-0.25, -0.2) is 0 Å². The van der Waals surface area contributed by atoms with Gasteiger partial charge in [0.2, 0.25) is 0 Å². The zero-order valence-electron chi connectivity index (χ0n) is 2.10. The third kappa shape index (κ3) is 9.72. The second-order valence-electron chi connectivity index (χ2n) is 0. The van der Waals surface area contributed by atoms with Crippen molar-refractivity contribution in [2.24, 2.45) is 0 Å². The van der Waals surface area contributed by atoms with Crippen molar-refractivity contribution in [2.75, 3.05) is 0 Å². The molecule has 22 valence electrons. The van der Waals surface area contributed by atoms with Crippen LogP contribution in [0.2, 0.25) is 0 Å². The summed E-state index contributed by atoms with van der Waals surface area (Å²) >= 11 is 0. The fourth-order valence-electron chi connectivity index (χ4n) is 0. The van der Waals surface area contributed by atoms with Crippen LogP contribution < -0.4 is 6.15 Å². The van der Waals surface area contributed by atoms with Gasteiger partial charge in [0, 0.05) is 51.9 Å². The summed E-state index contributed by atoms with van der Waals surface area (Å²) in [6, 6.07) is 0. The molecule has 1 nitrogen and oxygen atoms in total. The SMILES string of the molecule is N.[Nb].[Si].[V]. The zero-order chi connectivity index (χ0) is 0. The van der Waals surface area contributed by atoms with E-state index in [1.807, 2.05) is 0 Å². The van der Waals surface area contributed by atoms with E-state index in [0.29, 0.717) is 0 Å². The molecule has 0 aliphatic rings. The monoisotopic (exact) mass is 189 g/mol. The van der Waals surface area contributed by atoms with Crippen molar-refractivity contribution < 1.29 is 40.9 Å². The van der Waals surface area contributed by atoms with Crippen molar-refractivity contribution in [1.29, 1.82) is 0 Å². The van der Waals surface area contributed by atoms with Gasteiger partial charge < -0.3 is 6.15 Å². The first-order chi connectivity index (χ1) is 0. The summed E-state index contributed by atoms with van der Waals surface area (Å²) in [5.41, 5.74) is 0. The van der Waals surface area contributed by atoms with Crippen LogP contribution in [0.1, 0.15) is 0 Å². The largest absolute Gasteiger partial charge is 0.344 e. The van der Waals surface area contributed by atoms with Gasteiger partial charge in [0.1, 0.15) is 0 Å². The normalized spacial score (nSPS) is 0. The molecule has 3 N–H and O–H groups in total. The Morgan fingerprint density at radius 3 is 1.00 bits per heavy atom. The molecule has 0 aliphatic carbocycles. The zero-order valence-corrected chi connectivity index (χ0v) is 6.70. The fourth-order valence-corrected chi connectivity index (χ4v) is 0. The van der Waals surface area contributed by atoms with Crippen molar-refractivity contribution in [1.82, 2.24) is 6.15 Å². The smallest absolute Gasteiger partial charge is 0 e. The molecule has 0 saturated carbocycles. The van der Waals surface area contributed by atoms with Crippen LogP contribution >= 0.6 is 0 Å². The van der Waals surface area contributed by atoms with Gasteiger partial charge in [-0.3, -0.25) is 0 Å². The number of hydrogen-bond donors (Lipinski definition) is 1. The minimum Gasteiger partial charge on any atom is -0.344 e. The Balaban J connectivity index is 0. The minimum absolute atomic E-state index is 0. The molecule has 0 heterocycles. The average molecular weight is 189 g/mol. The number of rotatable bonds is 0. The molecular formula is H3NNbSiV. The molecule has 0 aliphatic heterocycles. The van der Waals surface area contributed by atoms with Gasteiger partial charge in [-0.2, -0.15) is 0 Å². The standard InChI is InChI=1S/H3N.Nb.Si.V/h1H3;;;. The van der Waals surface area contributed by atoms with E-state index in [-0.39, 0.29) is 58.1 Å². The summed E-state index contributed by atoms with van der Waals surface area (Å²) in [7, 11) is 0. The van der Waals surface area contributed by atoms with Gasteiger partial charge >= 0.3 is 0 Å². The van der Waals surface area contributed by atoms with E-state index in [1.165, 1.54) is 0 Å². The van der Waals surface area contributed by atoms with Gasteiger partial charge in [0.25, 0.3) is 0 Å². The molecule has 0 unspecified atom stereocenters. The molecule has 0 rings (SSSR count). The van der Waals surface area contributed by atoms with E-state index in [2.05, 4.69) is 0 Å². The van der Waals surface area contributed by atoms with Crippen LogP contribution in [0.3, 0.4) is 0 Å². The van der Waals surface area contributed by atoms with E-state index >= 15 is 0 Å². The topological polar surface area (TPSA) is 35.0 Å². The maximum atomic E-state index is 0. The molecule has 0 fully saturated rings. The predicted molar refractivity (Wildman–Crippen MR) is 10.8 cm³/mol. The summed E-state index contributed by atoms with van der Waals surface area (Å²) in [5, 5.41) is 0. The van der Waals surface area contributed by atoms with E-state index in [4.69, 9.17) is 0 Å². The Morgan fingerprint density at radius 1 is 1.00 bits per heavy atom. The van der Waals surface area contributed by atoms with Crippen molar-refractivity contribution in [3.8, 4) is 0 Å². The van der Waals surface area contributed by atoms with Gasteiger partial charge in [0.05, 0.1) is 0 Å². The number of hydrogen-bond acceptors (Lipinski definition) is 1. The second kappa shape index (κ2) is 24.5. The average Bonchev–Trinajstić information content (AvgIpc) is 0. The minimum atomic E-state index is 0. The third-order valence-electron chi connectivity index (χ3n) is 0. The van der Waals surface area contributed by atoms with Crippen LogP contribution in [0.15, 0.2) is 0 Å². The quantitative estimate of drug-likeness (QED) is 0.525. The van der Waals surface area contributed by atoms with Crippen LogP contribution in [0.4, 0.5) is 0 Å². The molecule has 0 amide bonds. The third-order valence-corrected chi connectivity index (χ3v) is 0. The van der Waals surface area contributed by atoms with E-state index in [9.17, 15) is 0 Å². The van der Waals surface area contributed by atoms with E-state index in [0.717, 1.165) is 0 Å². The Hall–Kier alpha value is 1.50. The molecule has 0 spiro atoms. The molecule has 4 heavy (non-hydrogen) atoms. The van der Waals surface area contributed by atoms with E-state index in [1.54, 1.807) is 0 Å². The summed E-state index contributed by atoms with van der Waals surface area (Å²) in [4.78, 5) is 0. The molecule has 0 aromatic heterocycles.